The van der Waals surface area contributed by atoms with E-state index in [-0.39, 0.29) is 12.8 Å². The maximum atomic E-state index is 12.5. The molecule has 0 saturated heterocycles. The maximum absolute atomic E-state index is 12.5. The molecular formula is C17H28N4O9S. The number of amides is 3. The molecule has 0 aromatic carbocycles. The Kier molecular flexibility index (Phi) is 12.9. The molecule has 0 radical (unpaired) electrons. The average molecular weight is 464 g/mol. The van der Waals surface area contributed by atoms with Crippen LogP contribution in [-0.2, 0) is 28.8 Å². The summed E-state index contributed by atoms with van der Waals surface area (Å²) in [6, 6.07) is -5.36. The molecule has 0 saturated carbocycles. The lowest BCUT2D eigenvalue weighted by Gasteiger charge is -2.24. The molecule has 0 aliphatic heterocycles. The number of thioether (sulfide) groups is 1. The molecule has 0 aromatic rings. The normalized spacial score (nSPS) is 14.4. The van der Waals surface area contributed by atoms with E-state index < -0.39 is 72.6 Å². The van der Waals surface area contributed by atoms with Gasteiger partial charge in [0.15, 0.2) is 0 Å². The summed E-state index contributed by atoms with van der Waals surface area (Å²) in [4.78, 5) is 70.1. The Hall–Kier alpha value is -2.87. The Bertz CT molecular complexity index is 687. The summed E-state index contributed by atoms with van der Waals surface area (Å²) in [5.41, 5.74) is 5.42. The van der Waals surface area contributed by atoms with Crippen LogP contribution in [0.1, 0.15) is 32.6 Å². The second-order valence-corrected chi connectivity index (χ2v) is 7.61. The van der Waals surface area contributed by atoms with Gasteiger partial charge in [-0.1, -0.05) is 0 Å². The highest BCUT2D eigenvalue weighted by Gasteiger charge is 2.31. The number of carboxylic acid groups (broad SMARTS) is 3. The van der Waals surface area contributed by atoms with Crippen molar-refractivity contribution in [1.29, 1.82) is 0 Å². The van der Waals surface area contributed by atoms with E-state index in [4.69, 9.17) is 15.9 Å². The summed E-state index contributed by atoms with van der Waals surface area (Å²) in [6.07, 6.45) is 0.109. The van der Waals surface area contributed by atoms with Gasteiger partial charge in [0, 0.05) is 6.42 Å². The molecule has 0 heterocycles. The summed E-state index contributed by atoms with van der Waals surface area (Å²) < 4.78 is 0. The van der Waals surface area contributed by atoms with Crippen LogP contribution in [0.15, 0.2) is 0 Å². The van der Waals surface area contributed by atoms with Crippen LogP contribution in [0.25, 0.3) is 0 Å². The molecule has 176 valence electrons. The lowest BCUT2D eigenvalue weighted by Crippen LogP contribution is -2.57. The molecule has 4 atom stereocenters. The van der Waals surface area contributed by atoms with Gasteiger partial charge < -0.3 is 37.0 Å². The van der Waals surface area contributed by atoms with E-state index in [0.717, 1.165) is 0 Å². The van der Waals surface area contributed by atoms with Crippen molar-refractivity contribution in [3.05, 3.63) is 0 Å². The number of nitrogens with two attached hydrogens (primary N) is 1. The minimum Gasteiger partial charge on any atom is -0.481 e. The molecule has 8 N–H and O–H groups in total. The number of carbonyl (C=O) groups is 6. The molecule has 0 rings (SSSR count). The van der Waals surface area contributed by atoms with E-state index in [9.17, 15) is 33.9 Å². The van der Waals surface area contributed by atoms with E-state index in [1.54, 1.807) is 6.26 Å². The predicted molar refractivity (Wildman–Crippen MR) is 109 cm³/mol. The Labute approximate surface area is 182 Å². The lowest BCUT2D eigenvalue weighted by molar-refractivity contribution is -0.143. The van der Waals surface area contributed by atoms with Crippen molar-refractivity contribution in [3.63, 3.8) is 0 Å². The van der Waals surface area contributed by atoms with Crippen LogP contribution in [0.3, 0.4) is 0 Å². The third kappa shape index (κ3) is 11.8. The molecule has 31 heavy (non-hydrogen) atoms. The number of carbonyl (C=O) groups excluding carboxylic acids is 3. The van der Waals surface area contributed by atoms with E-state index >= 15 is 0 Å². The fourth-order valence-corrected chi connectivity index (χ4v) is 2.73. The Morgan fingerprint density at radius 3 is 1.77 bits per heavy atom. The molecular weight excluding hydrogens is 436 g/mol. The van der Waals surface area contributed by atoms with Crippen LogP contribution in [0.5, 0.6) is 0 Å². The molecule has 14 heteroatoms. The molecule has 0 spiro atoms. The van der Waals surface area contributed by atoms with E-state index in [1.165, 1.54) is 18.7 Å². The molecule has 0 aliphatic rings. The first-order chi connectivity index (χ1) is 14.4. The zero-order chi connectivity index (χ0) is 24.1. The second kappa shape index (κ2) is 14.2. The monoisotopic (exact) mass is 464 g/mol. The van der Waals surface area contributed by atoms with Crippen molar-refractivity contribution in [1.82, 2.24) is 16.0 Å². The van der Waals surface area contributed by atoms with Gasteiger partial charge in [0.05, 0.1) is 12.5 Å². The van der Waals surface area contributed by atoms with E-state index in [0.29, 0.717) is 5.75 Å². The van der Waals surface area contributed by atoms with Crippen LogP contribution >= 0.6 is 11.8 Å². The van der Waals surface area contributed by atoms with Crippen molar-refractivity contribution in [2.75, 3.05) is 12.0 Å². The quantitative estimate of drug-likeness (QED) is 0.140. The fraction of sp³-hybridized carbons (Fsp3) is 0.647. The standard InChI is InChI=1S/C17H28N4O9S/c1-8(18)14(26)19-9(3-4-12(22)23)15(27)21-11(7-13(24)25)16(28)20-10(17(29)30)5-6-31-2/h8-11H,3-7,18H2,1-2H3,(H,19,26)(H,20,28)(H,21,27)(H,22,23)(H,24,25)(H,29,30). The van der Waals surface area contributed by atoms with E-state index in [2.05, 4.69) is 16.0 Å². The number of carboxylic acids is 3. The van der Waals surface area contributed by atoms with E-state index in [1.807, 2.05) is 0 Å². The van der Waals surface area contributed by atoms with Gasteiger partial charge in [0.25, 0.3) is 0 Å². The molecule has 3 amide bonds. The van der Waals surface area contributed by atoms with Crippen molar-refractivity contribution < 1.29 is 44.1 Å². The minimum atomic E-state index is -1.65. The van der Waals surface area contributed by atoms with Gasteiger partial charge in [-0.15, -0.1) is 0 Å². The Morgan fingerprint density at radius 2 is 1.32 bits per heavy atom. The smallest absolute Gasteiger partial charge is 0.326 e. The average Bonchev–Trinajstić information content (AvgIpc) is 2.66. The number of hydrogen-bond acceptors (Lipinski definition) is 8. The highest BCUT2D eigenvalue weighted by molar-refractivity contribution is 7.98. The zero-order valence-electron chi connectivity index (χ0n) is 17.1. The summed E-state index contributed by atoms with van der Waals surface area (Å²) >= 11 is 1.35. The summed E-state index contributed by atoms with van der Waals surface area (Å²) in [7, 11) is 0. The fourth-order valence-electron chi connectivity index (χ4n) is 2.26. The van der Waals surface area contributed by atoms with Crippen LogP contribution in [0.2, 0.25) is 0 Å². The van der Waals surface area contributed by atoms with Crippen LogP contribution < -0.4 is 21.7 Å². The maximum Gasteiger partial charge on any atom is 0.326 e. The van der Waals surface area contributed by atoms with Gasteiger partial charge in [0.2, 0.25) is 17.7 Å². The summed E-state index contributed by atoms with van der Waals surface area (Å²) in [5, 5.41) is 33.6. The van der Waals surface area contributed by atoms with Gasteiger partial charge in [-0.25, -0.2) is 4.79 Å². The topological polar surface area (TPSA) is 225 Å². The molecule has 0 bridgehead atoms. The number of rotatable bonds is 15. The molecule has 4 unspecified atom stereocenters. The minimum absolute atomic E-state index is 0.0711. The third-order valence-corrected chi connectivity index (χ3v) is 4.57. The van der Waals surface area contributed by atoms with Crippen molar-refractivity contribution in [2.24, 2.45) is 5.73 Å². The van der Waals surface area contributed by atoms with Gasteiger partial charge in [-0.3, -0.25) is 24.0 Å². The van der Waals surface area contributed by atoms with Gasteiger partial charge in [-0.05, 0) is 31.8 Å². The van der Waals surface area contributed by atoms with Gasteiger partial charge in [-0.2, -0.15) is 11.8 Å². The zero-order valence-corrected chi connectivity index (χ0v) is 17.9. The van der Waals surface area contributed by atoms with Crippen LogP contribution in [0.4, 0.5) is 0 Å². The Balaban J connectivity index is 5.44. The molecule has 0 aliphatic carbocycles. The van der Waals surface area contributed by atoms with Gasteiger partial charge >= 0.3 is 17.9 Å². The SMILES string of the molecule is CSCCC(NC(=O)C(CC(=O)O)NC(=O)C(CCC(=O)O)NC(=O)C(C)N)C(=O)O. The largest absolute Gasteiger partial charge is 0.481 e. The number of hydrogen-bond donors (Lipinski definition) is 7. The first kappa shape index (κ1) is 28.1. The lowest BCUT2D eigenvalue weighted by atomic mass is 10.1. The highest BCUT2D eigenvalue weighted by Crippen LogP contribution is 2.05. The van der Waals surface area contributed by atoms with Crippen LogP contribution in [-0.4, -0.2) is 87.1 Å². The first-order valence-electron chi connectivity index (χ1n) is 9.21. The molecule has 13 nitrogen and oxygen atoms in total. The number of aliphatic carboxylic acids is 3. The molecule has 0 fully saturated rings. The third-order valence-electron chi connectivity index (χ3n) is 3.93. The first-order valence-corrected chi connectivity index (χ1v) is 10.6. The highest BCUT2D eigenvalue weighted by atomic mass is 32.2. The summed E-state index contributed by atoms with van der Waals surface area (Å²) in [5.74, 6) is -6.41. The van der Waals surface area contributed by atoms with Gasteiger partial charge in [0.1, 0.15) is 18.1 Å². The molecule has 0 aromatic heterocycles. The van der Waals surface area contributed by atoms with Crippen molar-refractivity contribution >= 4 is 47.4 Å². The number of nitrogens with one attached hydrogen (secondary N) is 3. The van der Waals surface area contributed by atoms with Crippen molar-refractivity contribution in [3.8, 4) is 0 Å². The predicted octanol–water partition coefficient (Wildman–Crippen LogP) is -2.03. The Morgan fingerprint density at radius 1 is 0.806 bits per heavy atom. The summed E-state index contributed by atoms with van der Waals surface area (Å²) in [6.45, 7) is 1.34. The second-order valence-electron chi connectivity index (χ2n) is 6.62. The van der Waals surface area contributed by atoms with Crippen LogP contribution in [0, 0.1) is 0 Å². The van der Waals surface area contributed by atoms with Crippen molar-refractivity contribution in [2.45, 2.75) is 56.8 Å².